The molecule has 2 heterocycles. The second kappa shape index (κ2) is 4.13. The van der Waals surface area contributed by atoms with E-state index in [9.17, 15) is 4.79 Å². The predicted molar refractivity (Wildman–Crippen MR) is 56.7 cm³/mol. The summed E-state index contributed by atoms with van der Waals surface area (Å²) in [5.74, 6) is 0.0407. The highest BCUT2D eigenvalue weighted by Crippen LogP contribution is 2.12. The van der Waals surface area contributed by atoms with Crippen LogP contribution in [0.5, 0.6) is 0 Å². The summed E-state index contributed by atoms with van der Waals surface area (Å²) in [6.07, 6.45) is 3.72. The average Bonchev–Trinajstić information content (AvgIpc) is 2.87. The van der Waals surface area contributed by atoms with Gasteiger partial charge in [-0.2, -0.15) is 5.10 Å². The zero-order valence-electron chi connectivity index (χ0n) is 8.84. The highest BCUT2D eigenvalue weighted by atomic mass is 16.1. The first-order valence-corrected chi connectivity index (χ1v) is 4.96. The number of carbonyl (C=O) groups excluding carboxylic acids is 1. The number of nitrogens with two attached hydrogens (primary N) is 1. The van der Waals surface area contributed by atoms with Crippen molar-refractivity contribution < 1.29 is 4.79 Å². The fourth-order valence-corrected chi connectivity index (χ4v) is 1.43. The molecule has 0 saturated carbocycles. The summed E-state index contributed by atoms with van der Waals surface area (Å²) in [6.45, 7) is 2.65. The highest BCUT2D eigenvalue weighted by Gasteiger charge is 2.18. The van der Waals surface area contributed by atoms with Crippen LogP contribution in [0.15, 0.2) is 12.4 Å². The Morgan fingerprint density at radius 3 is 3.00 bits per heavy atom. The third kappa shape index (κ3) is 1.67. The van der Waals surface area contributed by atoms with E-state index in [0.29, 0.717) is 17.8 Å². The number of carbonyl (C=O) groups is 1. The molecule has 0 unspecified atom stereocenters. The maximum absolute atomic E-state index is 12.0. The molecule has 16 heavy (non-hydrogen) atoms. The van der Waals surface area contributed by atoms with Crippen molar-refractivity contribution in [2.45, 2.75) is 19.9 Å². The number of anilines is 1. The van der Waals surface area contributed by atoms with Gasteiger partial charge in [-0.25, -0.2) is 4.68 Å². The molecule has 0 aliphatic carbocycles. The molecule has 0 amide bonds. The zero-order valence-corrected chi connectivity index (χ0v) is 8.84. The Kier molecular flexibility index (Phi) is 2.67. The lowest BCUT2D eigenvalue weighted by Crippen LogP contribution is -2.12. The number of ketones is 1. The van der Waals surface area contributed by atoms with Gasteiger partial charge in [0.05, 0.1) is 18.0 Å². The Bertz CT molecular complexity index is 500. The molecular weight excluding hydrogens is 208 g/mol. The third-order valence-electron chi connectivity index (χ3n) is 2.20. The van der Waals surface area contributed by atoms with Crippen LogP contribution < -0.4 is 5.73 Å². The molecule has 0 saturated heterocycles. The van der Waals surface area contributed by atoms with Gasteiger partial charge < -0.3 is 5.73 Å². The first-order valence-electron chi connectivity index (χ1n) is 4.96. The summed E-state index contributed by atoms with van der Waals surface area (Å²) in [4.78, 5) is 12.0. The Balaban J connectivity index is 2.34. The van der Waals surface area contributed by atoms with Crippen LogP contribution in [-0.4, -0.2) is 31.0 Å². The molecule has 0 spiro atoms. The van der Waals surface area contributed by atoms with Gasteiger partial charge in [0, 0.05) is 6.54 Å². The van der Waals surface area contributed by atoms with Gasteiger partial charge >= 0.3 is 0 Å². The highest BCUT2D eigenvalue weighted by molar-refractivity contribution is 6.10. The van der Waals surface area contributed by atoms with Gasteiger partial charge in [0.15, 0.2) is 0 Å². The summed E-state index contributed by atoms with van der Waals surface area (Å²) < 4.78 is 1.56. The van der Waals surface area contributed by atoms with Crippen LogP contribution in [0.2, 0.25) is 0 Å². The van der Waals surface area contributed by atoms with Crippen molar-refractivity contribution in [3.05, 3.63) is 23.7 Å². The number of aromatic amines is 1. The Labute approximate surface area is 91.6 Å². The van der Waals surface area contributed by atoms with Crippen LogP contribution in [-0.2, 0) is 6.54 Å². The largest absolute Gasteiger partial charge is 0.383 e. The SMILES string of the molecule is CCCn1nncc1C(=O)c1cn[nH]c1N. The van der Waals surface area contributed by atoms with Gasteiger partial charge in [-0.3, -0.25) is 9.89 Å². The minimum absolute atomic E-state index is 0.218. The Morgan fingerprint density at radius 1 is 1.56 bits per heavy atom. The number of nitrogens with one attached hydrogen (secondary N) is 1. The number of nitrogen functional groups attached to an aromatic ring is 1. The average molecular weight is 220 g/mol. The lowest BCUT2D eigenvalue weighted by atomic mass is 10.1. The molecule has 0 aromatic carbocycles. The molecule has 0 fully saturated rings. The normalized spacial score (nSPS) is 10.6. The third-order valence-corrected chi connectivity index (χ3v) is 2.20. The Hall–Kier alpha value is -2.18. The van der Waals surface area contributed by atoms with Crippen LogP contribution in [0.1, 0.15) is 29.4 Å². The van der Waals surface area contributed by atoms with Gasteiger partial charge in [-0.1, -0.05) is 12.1 Å². The van der Waals surface area contributed by atoms with Gasteiger partial charge in [0.2, 0.25) is 5.78 Å². The number of aromatic nitrogens is 5. The fourth-order valence-electron chi connectivity index (χ4n) is 1.43. The predicted octanol–water partition coefficient (Wildman–Crippen LogP) is 0.224. The summed E-state index contributed by atoms with van der Waals surface area (Å²) in [6, 6.07) is 0. The van der Waals surface area contributed by atoms with E-state index in [0.717, 1.165) is 6.42 Å². The minimum Gasteiger partial charge on any atom is -0.383 e. The van der Waals surface area contributed by atoms with Crippen molar-refractivity contribution >= 4 is 11.6 Å². The van der Waals surface area contributed by atoms with Crippen molar-refractivity contribution in [3.8, 4) is 0 Å². The van der Waals surface area contributed by atoms with E-state index in [4.69, 9.17) is 5.73 Å². The van der Waals surface area contributed by atoms with E-state index in [1.165, 1.54) is 12.4 Å². The fraction of sp³-hybridized carbons (Fsp3) is 0.333. The maximum Gasteiger partial charge on any atom is 0.217 e. The Morgan fingerprint density at radius 2 is 2.38 bits per heavy atom. The molecule has 0 aliphatic heterocycles. The van der Waals surface area contributed by atoms with Gasteiger partial charge in [0.25, 0.3) is 0 Å². The van der Waals surface area contributed by atoms with Crippen molar-refractivity contribution in [2.24, 2.45) is 0 Å². The molecule has 0 bridgehead atoms. The molecule has 3 N–H and O–H groups in total. The molecular formula is C9H12N6O. The van der Waals surface area contributed by atoms with Crippen LogP contribution in [0, 0.1) is 0 Å². The summed E-state index contributed by atoms with van der Waals surface area (Å²) in [5.41, 5.74) is 6.36. The molecule has 7 heteroatoms. The van der Waals surface area contributed by atoms with Crippen molar-refractivity contribution in [1.29, 1.82) is 0 Å². The first-order chi connectivity index (χ1) is 7.74. The van der Waals surface area contributed by atoms with E-state index in [1.807, 2.05) is 6.92 Å². The van der Waals surface area contributed by atoms with E-state index in [2.05, 4.69) is 20.5 Å². The lowest BCUT2D eigenvalue weighted by Gasteiger charge is -2.02. The van der Waals surface area contributed by atoms with Crippen LogP contribution in [0.4, 0.5) is 5.82 Å². The van der Waals surface area contributed by atoms with E-state index in [-0.39, 0.29) is 11.6 Å². The molecule has 0 aliphatic rings. The zero-order chi connectivity index (χ0) is 11.5. The van der Waals surface area contributed by atoms with Crippen molar-refractivity contribution in [2.75, 3.05) is 5.73 Å². The van der Waals surface area contributed by atoms with E-state index in [1.54, 1.807) is 4.68 Å². The van der Waals surface area contributed by atoms with Crippen LogP contribution >= 0.6 is 0 Å². The van der Waals surface area contributed by atoms with Crippen LogP contribution in [0.3, 0.4) is 0 Å². The summed E-state index contributed by atoms with van der Waals surface area (Å²) in [5, 5.41) is 13.8. The molecule has 0 atom stereocenters. The molecule has 2 rings (SSSR count). The molecule has 7 nitrogen and oxygen atoms in total. The summed E-state index contributed by atoms with van der Waals surface area (Å²) >= 11 is 0. The van der Waals surface area contributed by atoms with E-state index >= 15 is 0 Å². The lowest BCUT2D eigenvalue weighted by molar-refractivity contribution is 0.102. The molecule has 0 radical (unpaired) electrons. The molecule has 84 valence electrons. The number of hydrogen-bond acceptors (Lipinski definition) is 5. The topological polar surface area (TPSA) is 102 Å². The second-order valence-electron chi connectivity index (χ2n) is 3.37. The second-order valence-corrected chi connectivity index (χ2v) is 3.37. The first kappa shape index (κ1) is 10.3. The quantitative estimate of drug-likeness (QED) is 0.718. The molecule has 2 aromatic heterocycles. The monoisotopic (exact) mass is 220 g/mol. The number of rotatable bonds is 4. The summed E-state index contributed by atoms with van der Waals surface area (Å²) in [7, 11) is 0. The number of nitrogens with zero attached hydrogens (tertiary/aromatic N) is 4. The van der Waals surface area contributed by atoms with Gasteiger partial charge in [-0.15, -0.1) is 5.10 Å². The van der Waals surface area contributed by atoms with Crippen LogP contribution in [0.25, 0.3) is 0 Å². The number of hydrogen-bond donors (Lipinski definition) is 2. The van der Waals surface area contributed by atoms with Gasteiger partial charge in [-0.05, 0) is 6.42 Å². The maximum atomic E-state index is 12.0. The smallest absolute Gasteiger partial charge is 0.217 e. The van der Waals surface area contributed by atoms with E-state index < -0.39 is 0 Å². The van der Waals surface area contributed by atoms with Crippen molar-refractivity contribution in [1.82, 2.24) is 25.2 Å². The van der Waals surface area contributed by atoms with Gasteiger partial charge in [0.1, 0.15) is 11.5 Å². The number of aryl methyl sites for hydroxylation is 1. The number of H-pyrrole nitrogens is 1. The minimum atomic E-state index is -0.218. The standard InChI is InChI=1S/C9H12N6O/c1-2-3-15-7(5-12-14-15)8(16)6-4-11-13-9(6)10/h4-5H,2-3H2,1H3,(H3,10,11,13). The molecule has 2 aromatic rings. The van der Waals surface area contributed by atoms with Crippen molar-refractivity contribution in [3.63, 3.8) is 0 Å².